The quantitative estimate of drug-likeness (QED) is 0.472. The summed E-state index contributed by atoms with van der Waals surface area (Å²) >= 11 is 7.03. The summed E-state index contributed by atoms with van der Waals surface area (Å²) in [4.78, 5) is 13.0. The van der Waals surface area contributed by atoms with Crippen LogP contribution in [0, 0.1) is 11.3 Å². The molecule has 22 heavy (non-hydrogen) atoms. The van der Waals surface area contributed by atoms with Gasteiger partial charge >= 0.3 is 0 Å². The Balaban J connectivity index is 2.38. The number of carbonyl (C=O) groups excluding carboxylic acids is 1. The lowest BCUT2D eigenvalue weighted by Gasteiger charge is -2.03. The van der Waals surface area contributed by atoms with E-state index in [0.29, 0.717) is 14.8 Å². The number of rotatable bonds is 4. The molecule has 1 aromatic heterocycles. The Morgan fingerprint density at radius 2 is 2.05 bits per heavy atom. The number of hydrogen-bond acceptors (Lipinski definition) is 5. The summed E-state index contributed by atoms with van der Waals surface area (Å²) in [6, 6.07) is 11.6. The molecule has 2 aromatic rings. The summed E-state index contributed by atoms with van der Waals surface area (Å²) in [5.74, 6) is -0.424. The van der Waals surface area contributed by atoms with Crippen LogP contribution in [0.3, 0.4) is 0 Å². The maximum Gasteiger partial charge on any atom is 0.215 e. The van der Waals surface area contributed by atoms with E-state index in [-0.39, 0.29) is 5.57 Å². The summed E-state index contributed by atoms with van der Waals surface area (Å²) in [5.41, 5.74) is -0.147. The zero-order chi connectivity index (χ0) is 16.2. The second kappa shape index (κ2) is 6.88. The lowest BCUT2D eigenvalue weighted by atomic mass is 10.2. The van der Waals surface area contributed by atoms with Crippen molar-refractivity contribution in [2.24, 2.45) is 4.36 Å². The van der Waals surface area contributed by atoms with Crippen LogP contribution in [0.1, 0.15) is 9.67 Å². The number of halogens is 1. The van der Waals surface area contributed by atoms with Crippen molar-refractivity contribution >= 4 is 38.4 Å². The normalized spacial score (nSPS) is 14.0. The van der Waals surface area contributed by atoms with Gasteiger partial charge in [0, 0.05) is 16.2 Å². The molecule has 112 valence electrons. The minimum atomic E-state index is -2.74. The molecule has 0 aliphatic rings. The highest BCUT2D eigenvalue weighted by Gasteiger charge is 2.13. The van der Waals surface area contributed by atoms with Gasteiger partial charge in [-0.15, -0.1) is 11.3 Å². The molecule has 7 heteroatoms. The van der Waals surface area contributed by atoms with E-state index in [1.165, 1.54) is 17.6 Å². The molecule has 2 rings (SSSR count). The Morgan fingerprint density at radius 3 is 2.59 bits per heavy atom. The number of Topliss-reactive ketones (excluding diaryl/α,β-unsaturated/α-hetero) is 1. The smallest absolute Gasteiger partial charge is 0.215 e. The maximum atomic E-state index is 12.6. The fourth-order valence-electron chi connectivity index (χ4n) is 1.58. The second-order valence-corrected chi connectivity index (χ2v) is 7.99. The lowest BCUT2D eigenvalue weighted by molar-refractivity contribution is 0.104. The topological polar surface area (TPSA) is 70.3 Å². The molecule has 1 aromatic carbocycles. The van der Waals surface area contributed by atoms with E-state index in [2.05, 4.69) is 4.36 Å². The number of allylic oxidation sites excluding steroid dienone is 1. The highest BCUT2D eigenvalue weighted by molar-refractivity contribution is 7.93. The number of nitrogens with zero attached hydrogens (tertiary/aromatic N) is 2. The predicted octanol–water partition coefficient (Wildman–Crippen LogP) is 4.15. The third-order valence-corrected chi connectivity index (χ3v) is 5.52. The predicted molar refractivity (Wildman–Crippen MR) is 88.6 cm³/mol. The summed E-state index contributed by atoms with van der Waals surface area (Å²) < 4.78 is 16.5. The average Bonchev–Trinajstić information content (AvgIpc) is 3.02. The second-order valence-electron chi connectivity index (χ2n) is 4.32. The fourth-order valence-corrected chi connectivity index (χ4v) is 3.45. The Bertz CT molecular complexity index is 869. The van der Waals surface area contributed by atoms with Gasteiger partial charge in [-0.05, 0) is 35.7 Å². The molecular formula is C15H11ClN2O2S2. The number of nitriles is 1. The van der Waals surface area contributed by atoms with E-state index < -0.39 is 15.5 Å². The minimum Gasteiger partial charge on any atom is -0.287 e. The highest BCUT2D eigenvalue weighted by Crippen LogP contribution is 2.18. The number of ketones is 1. The molecule has 0 aliphatic heterocycles. The van der Waals surface area contributed by atoms with Gasteiger partial charge in [-0.2, -0.15) is 5.26 Å². The molecule has 0 saturated carbocycles. The SMILES string of the molecule is CS(=O)(=N/C=C(/C#N)C(=O)c1cccs1)c1ccc(Cl)cc1. The van der Waals surface area contributed by atoms with Gasteiger partial charge in [0.25, 0.3) is 0 Å². The van der Waals surface area contributed by atoms with Crippen LogP contribution in [0.25, 0.3) is 0 Å². The van der Waals surface area contributed by atoms with Crippen molar-refractivity contribution in [1.29, 1.82) is 5.26 Å². The Kier molecular flexibility index (Phi) is 5.14. The third kappa shape index (κ3) is 3.83. The van der Waals surface area contributed by atoms with Crippen LogP contribution < -0.4 is 0 Å². The molecule has 0 radical (unpaired) electrons. The average molecular weight is 351 g/mol. The van der Waals surface area contributed by atoms with E-state index in [9.17, 15) is 9.00 Å². The van der Waals surface area contributed by atoms with Crippen molar-refractivity contribution < 1.29 is 9.00 Å². The van der Waals surface area contributed by atoms with Crippen LogP contribution in [-0.2, 0) is 9.73 Å². The highest BCUT2D eigenvalue weighted by atomic mass is 35.5. The first kappa shape index (κ1) is 16.4. The molecule has 0 N–H and O–H groups in total. The molecular weight excluding hydrogens is 340 g/mol. The third-order valence-electron chi connectivity index (χ3n) is 2.74. The summed E-state index contributed by atoms with van der Waals surface area (Å²) in [7, 11) is -2.74. The van der Waals surface area contributed by atoms with Gasteiger partial charge in [-0.1, -0.05) is 17.7 Å². The van der Waals surface area contributed by atoms with Gasteiger partial charge in [0.15, 0.2) is 0 Å². The Labute approximate surface area is 137 Å². The number of carbonyl (C=O) groups is 1. The number of hydrogen-bond donors (Lipinski definition) is 0. The van der Waals surface area contributed by atoms with Crippen molar-refractivity contribution in [1.82, 2.24) is 0 Å². The van der Waals surface area contributed by atoms with E-state index >= 15 is 0 Å². The zero-order valence-electron chi connectivity index (χ0n) is 11.5. The van der Waals surface area contributed by atoms with Gasteiger partial charge in [-0.25, -0.2) is 8.57 Å². The van der Waals surface area contributed by atoms with Crippen LogP contribution >= 0.6 is 22.9 Å². The zero-order valence-corrected chi connectivity index (χ0v) is 13.9. The van der Waals surface area contributed by atoms with Gasteiger partial charge in [0.2, 0.25) is 5.78 Å². The van der Waals surface area contributed by atoms with Gasteiger partial charge in [0.1, 0.15) is 11.6 Å². The summed E-state index contributed by atoms with van der Waals surface area (Å²) in [5, 5.41) is 11.4. The number of thiophene rings is 1. The van der Waals surface area contributed by atoms with Gasteiger partial charge in [-0.3, -0.25) is 4.79 Å². The van der Waals surface area contributed by atoms with E-state index in [1.54, 1.807) is 47.8 Å². The van der Waals surface area contributed by atoms with Gasteiger partial charge < -0.3 is 0 Å². The van der Waals surface area contributed by atoms with Crippen LogP contribution in [0.2, 0.25) is 5.02 Å². The molecule has 0 bridgehead atoms. The van der Waals surface area contributed by atoms with Gasteiger partial charge in [0.05, 0.1) is 20.8 Å². The Morgan fingerprint density at radius 1 is 1.36 bits per heavy atom. The standard InChI is InChI=1S/C15H11ClN2O2S2/c1-22(20,13-6-4-12(16)5-7-13)18-10-11(9-17)15(19)14-3-2-8-21-14/h2-8,10H,1H3/b11-10-. The minimum absolute atomic E-state index is 0.147. The first-order valence-electron chi connectivity index (χ1n) is 6.09. The van der Waals surface area contributed by atoms with E-state index in [0.717, 1.165) is 6.20 Å². The molecule has 4 nitrogen and oxygen atoms in total. The van der Waals surface area contributed by atoms with Crippen LogP contribution in [0.15, 0.2) is 62.8 Å². The fraction of sp³-hybridized carbons (Fsp3) is 0.0667. The van der Waals surface area contributed by atoms with Crippen molar-refractivity contribution in [3.05, 3.63) is 63.5 Å². The summed E-state index contributed by atoms with van der Waals surface area (Å²) in [6.07, 6.45) is 2.52. The molecule has 1 atom stereocenters. The Hall–Kier alpha value is -1.94. The van der Waals surface area contributed by atoms with Crippen molar-refractivity contribution in [3.63, 3.8) is 0 Å². The molecule has 0 aliphatic carbocycles. The molecule has 1 heterocycles. The van der Waals surface area contributed by atoms with Crippen molar-refractivity contribution in [3.8, 4) is 6.07 Å². The maximum absolute atomic E-state index is 12.6. The van der Waals surface area contributed by atoms with Crippen LogP contribution in [-0.4, -0.2) is 16.2 Å². The number of benzene rings is 1. The van der Waals surface area contributed by atoms with Crippen LogP contribution in [0.4, 0.5) is 0 Å². The first-order chi connectivity index (χ1) is 10.4. The molecule has 0 amide bonds. The van der Waals surface area contributed by atoms with E-state index in [1.807, 2.05) is 0 Å². The largest absolute Gasteiger partial charge is 0.287 e. The molecule has 0 fully saturated rings. The monoisotopic (exact) mass is 350 g/mol. The van der Waals surface area contributed by atoms with E-state index in [4.69, 9.17) is 16.9 Å². The molecule has 0 saturated heterocycles. The lowest BCUT2D eigenvalue weighted by Crippen LogP contribution is -2.00. The first-order valence-corrected chi connectivity index (χ1v) is 9.27. The molecule has 1 unspecified atom stereocenters. The van der Waals surface area contributed by atoms with Crippen molar-refractivity contribution in [2.45, 2.75) is 4.90 Å². The summed E-state index contributed by atoms with van der Waals surface area (Å²) in [6.45, 7) is 0. The molecule has 0 spiro atoms. The van der Waals surface area contributed by atoms with Crippen molar-refractivity contribution in [2.75, 3.05) is 6.26 Å². The van der Waals surface area contributed by atoms with Crippen LogP contribution in [0.5, 0.6) is 0 Å².